The van der Waals surface area contributed by atoms with Gasteiger partial charge in [0.2, 0.25) is 0 Å². The van der Waals surface area contributed by atoms with Gasteiger partial charge in [-0.2, -0.15) is 0 Å². The van der Waals surface area contributed by atoms with Gasteiger partial charge in [0, 0.05) is 17.8 Å². The lowest BCUT2D eigenvalue weighted by molar-refractivity contribution is -0.246. The molecule has 4 fully saturated rings. The fourth-order valence-electron chi connectivity index (χ4n) is 7.78. The van der Waals surface area contributed by atoms with Crippen LogP contribution >= 0.6 is 0 Å². The summed E-state index contributed by atoms with van der Waals surface area (Å²) < 4.78 is 5.37. The SMILES string of the molecule is C=C1[C@@H]2CC[C@H]3[C@]4(C)CC[C@@H](O)[C@](C)(COC(C)=O)[C@H]4C[C@H](O)[C@]3(C2)[C@H]1O. The summed E-state index contributed by atoms with van der Waals surface area (Å²) in [6, 6.07) is 0. The molecule has 0 saturated heterocycles. The second-order valence-corrected chi connectivity index (χ2v) is 10.3. The minimum atomic E-state index is -0.644. The van der Waals surface area contributed by atoms with Crippen molar-refractivity contribution in [3.8, 4) is 0 Å². The second kappa shape index (κ2) is 6.04. The van der Waals surface area contributed by atoms with Crippen LogP contribution in [0.5, 0.6) is 0 Å². The van der Waals surface area contributed by atoms with Crippen molar-refractivity contribution in [2.75, 3.05) is 6.61 Å². The van der Waals surface area contributed by atoms with Crippen molar-refractivity contribution in [1.29, 1.82) is 0 Å². The van der Waals surface area contributed by atoms with E-state index in [0.29, 0.717) is 18.8 Å². The van der Waals surface area contributed by atoms with Gasteiger partial charge in [-0.1, -0.05) is 20.4 Å². The largest absolute Gasteiger partial charge is 0.465 e. The Bertz CT molecular complexity index is 661. The number of rotatable bonds is 2. The van der Waals surface area contributed by atoms with Crippen LogP contribution in [0.25, 0.3) is 0 Å². The zero-order valence-corrected chi connectivity index (χ0v) is 16.8. The molecular weight excluding hydrogens is 344 g/mol. The third kappa shape index (κ3) is 2.37. The molecule has 2 bridgehead atoms. The van der Waals surface area contributed by atoms with E-state index in [1.165, 1.54) is 6.92 Å². The van der Waals surface area contributed by atoms with E-state index >= 15 is 0 Å². The van der Waals surface area contributed by atoms with E-state index in [0.717, 1.165) is 31.3 Å². The highest BCUT2D eigenvalue weighted by Crippen LogP contribution is 2.72. The van der Waals surface area contributed by atoms with E-state index < -0.39 is 29.1 Å². The van der Waals surface area contributed by atoms with Crippen LogP contribution in [0.1, 0.15) is 59.3 Å². The first-order valence-corrected chi connectivity index (χ1v) is 10.4. The lowest BCUT2D eigenvalue weighted by Crippen LogP contribution is -2.66. The number of carbonyl (C=O) groups excluding carboxylic acids is 1. The molecule has 4 saturated carbocycles. The van der Waals surface area contributed by atoms with Crippen molar-refractivity contribution in [2.24, 2.45) is 34.0 Å². The van der Waals surface area contributed by atoms with Gasteiger partial charge < -0.3 is 20.1 Å². The Labute approximate surface area is 161 Å². The van der Waals surface area contributed by atoms with Gasteiger partial charge in [-0.25, -0.2) is 0 Å². The number of fused-ring (bicyclic) bond motifs is 3. The molecule has 0 heterocycles. The summed E-state index contributed by atoms with van der Waals surface area (Å²) in [5, 5.41) is 33.3. The smallest absolute Gasteiger partial charge is 0.302 e. The van der Waals surface area contributed by atoms with Crippen LogP contribution in [0.2, 0.25) is 0 Å². The maximum Gasteiger partial charge on any atom is 0.302 e. The molecule has 5 nitrogen and oxygen atoms in total. The van der Waals surface area contributed by atoms with Crippen molar-refractivity contribution in [3.63, 3.8) is 0 Å². The van der Waals surface area contributed by atoms with Gasteiger partial charge in [-0.15, -0.1) is 0 Å². The lowest BCUT2D eigenvalue weighted by atomic mass is 9.39. The summed E-state index contributed by atoms with van der Waals surface area (Å²) >= 11 is 0. The van der Waals surface area contributed by atoms with Crippen molar-refractivity contribution in [2.45, 2.75) is 77.6 Å². The van der Waals surface area contributed by atoms with Crippen molar-refractivity contribution in [3.05, 3.63) is 12.2 Å². The van der Waals surface area contributed by atoms with Crippen LogP contribution in [0, 0.1) is 34.0 Å². The summed E-state index contributed by atoms with van der Waals surface area (Å²) in [4.78, 5) is 11.5. The highest BCUT2D eigenvalue weighted by Gasteiger charge is 2.71. The summed E-state index contributed by atoms with van der Waals surface area (Å²) in [5.41, 5.74) is -0.296. The Morgan fingerprint density at radius 1 is 1.15 bits per heavy atom. The van der Waals surface area contributed by atoms with Gasteiger partial charge in [0.05, 0.1) is 24.9 Å². The fourth-order valence-corrected chi connectivity index (χ4v) is 7.78. The number of hydrogen-bond acceptors (Lipinski definition) is 5. The average molecular weight is 379 g/mol. The Morgan fingerprint density at radius 2 is 1.85 bits per heavy atom. The zero-order valence-electron chi connectivity index (χ0n) is 16.8. The molecule has 4 rings (SSSR count). The van der Waals surface area contributed by atoms with Gasteiger partial charge in [0.25, 0.3) is 0 Å². The molecule has 0 amide bonds. The molecule has 0 aromatic rings. The second-order valence-electron chi connectivity index (χ2n) is 10.3. The molecule has 0 unspecified atom stereocenters. The van der Waals surface area contributed by atoms with E-state index in [4.69, 9.17) is 4.74 Å². The Morgan fingerprint density at radius 3 is 2.52 bits per heavy atom. The highest BCUT2D eigenvalue weighted by molar-refractivity contribution is 5.65. The Kier molecular flexibility index (Phi) is 4.34. The molecule has 152 valence electrons. The van der Waals surface area contributed by atoms with Crippen LogP contribution in [-0.4, -0.2) is 46.2 Å². The fraction of sp³-hybridized carbons (Fsp3) is 0.864. The molecule has 3 N–H and O–H groups in total. The minimum Gasteiger partial charge on any atom is -0.465 e. The van der Waals surface area contributed by atoms with Gasteiger partial charge in [0.1, 0.15) is 0 Å². The molecule has 9 atom stereocenters. The molecule has 27 heavy (non-hydrogen) atoms. The van der Waals surface area contributed by atoms with E-state index in [9.17, 15) is 20.1 Å². The van der Waals surface area contributed by atoms with Crippen molar-refractivity contribution >= 4 is 5.97 Å². The van der Waals surface area contributed by atoms with E-state index in [1.807, 2.05) is 6.92 Å². The first kappa shape index (κ1) is 19.4. The maximum atomic E-state index is 11.5. The standard InChI is InChI=1S/C22H34O5/c1-12-14-5-6-15-20(3)8-7-17(24)21(4,11-27-13(2)23)16(20)9-18(25)22(15,10-14)19(12)26/h14-19,24-26H,1,5-11H2,2-4H3/t14-,15+,16+,17-,18+,19+,20+,21-,22-/m1/s1. The summed E-state index contributed by atoms with van der Waals surface area (Å²) in [6.07, 6.45) is 3.05. The molecule has 0 aromatic heterocycles. The van der Waals surface area contributed by atoms with Crippen LogP contribution in [0.4, 0.5) is 0 Å². The Balaban J connectivity index is 1.75. The van der Waals surface area contributed by atoms with Gasteiger partial charge in [-0.05, 0) is 67.3 Å². The lowest BCUT2D eigenvalue weighted by Gasteiger charge is -2.66. The number of hydrogen-bond donors (Lipinski definition) is 3. The average Bonchev–Trinajstić information content (AvgIpc) is 2.81. The number of aliphatic hydroxyl groups is 3. The predicted octanol–water partition coefficient (Wildman–Crippen LogP) is 2.43. The van der Waals surface area contributed by atoms with Gasteiger partial charge in [-0.3, -0.25) is 4.79 Å². The van der Waals surface area contributed by atoms with E-state index in [2.05, 4.69) is 13.5 Å². The molecule has 5 heteroatoms. The number of carbonyl (C=O) groups is 1. The monoisotopic (exact) mass is 378 g/mol. The molecule has 4 aliphatic rings. The third-order valence-corrected chi connectivity index (χ3v) is 9.21. The number of aliphatic hydroxyl groups excluding tert-OH is 3. The summed E-state index contributed by atoms with van der Waals surface area (Å²) in [7, 11) is 0. The first-order chi connectivity index (χ1) is 12.6. The summed E-state index contributed by atoms with van der Waals surface area (Å²) in [6.45, 7) is 10.0. The van der Waals surface area contributed by atoms with Crippen molar-refractivity contribution < 1.29 is 24.9 Å². The third-order valence-electron chi connectivity index (χ3n) is 9.21. The van der Waals surface area contributed by atoms with Crippen LogP contribution < -0.4 is 0 Å². The highest BCUT2D eigenvalue weighted by atomic mass is 16.5. The van der Waals surface area contributed by atoms with Crippen molar-refractivity contribution in [1.82, 2.24) is 0 Å². The number of esters is 1. The van der Waals surface area contributed by atoms with Crippen LogP contribution in [-0.2, 0) is 9.53 Å². The quantitative estimate of drug-likeness (QED) is 0.507. The Hall–Kier alpha value is -0.910. The minimum absolute atomic E-state index is 0.0383. The topological polar surface area (TPSA) is 87.0 Å². The number of ether oxygens (including phenoxy) is 1. The predicted molar refractivity (Wildman–Crippen MR) is 101 cm³/mol. The molecule has 0 aromatic carbocycles. The molecule has 0 radical (unpaired) electrons. The molecule has 0 aliphatic heterocycles. The molecular formula is C22H34O5. The van der Waals surface area contributed by atoms with E-state index in [-0.39, 0.29) is 29.8 Å². The maximum absolute atomic E-state index is 11.5. The first-order valence-electron chi connectivity index (χ1n) is 10.4. The molecule has 1 spiro atoms. The van der Waals surface area contributed by atoms with E-state index in [1.54, 1.807) is 0 Å². The van der Waals surface area contributed by atoms with Crippen LogP contribution in [0.3, 0.4) is 0 Å². The van der Waals surface area contributed by atoms with Gasteiger partial charge >= 0.3 is 5.97 Å². The van der Waals surface area contributed by atoms with Crippen LogP contribution in [0.15, 0.2) is 12.2 Å². The normalized spacial score (nSPS) is 54.2. The van der Waals surface area contributed by atoms with Gasteiger partial charge in [0.15, 0.2) is 0 Å². The zero-order chi connectivity index (χ0) is 19.8. The summed E-state index contributed by atoms with van der Waals surface area (Å²) in [5.74, 6) is 0.198. The molecule has 4 aliphatic carbocycles.